The Bertz CT molecular complexity index is 689. The van der Waals surface area contributed by atoms with Crippen molar-refractivity contribution in [3.05, 3.63) is 29.0 Å². The van der Waals surface area contributed by atoms with Crippen molar-refractivity contribution in [1.29, 1.82) is 0 Å². The molecule has 1 aromatic rings. The highest BCUT2D eigenvalue weighted by molar-refractivity contribution is 7.08. The van der Waals surface area contributed by atoms with Gasteiger partial charge >= 0.3 is 0 Å². The number of likely N-dealkylation sites (tertiary alicyclic amines) is 1. The van der Waals surface area contributed by atoms with Gasteiger partial charge in [0.1, 0.15) is 0 Å². The molecule has 25 heavy (non-hydrogen) atoms. The zero-order valence-electron chi connectivity index (χ0n) is 14.9. The molecule has 0 N–H and O–H groups in total. The smallest absolute Gasteiger partial charge is 0.233 e. The van der Waals surface area contributed by atoms with E-state index in [9.17, 15) is 9.59 Å². The fourth-order valence-corrected chi connectivity index (χ4v) is 5.26. The first-order valence-electron chi connectivity index (χ1n) is 9.33. The first-order chi connectivity index (χ1) is 12.0. The summed E-state index contributed by atoms with van der Waals surface area (Å²) in [4.78, 5) is 30.0. The molecule has 134 valence electrons. The second-order valence-corrected chi connectivity index (χ2v) is 8.82. The first-order valence-corrected chi connectivity index (χ1v) is 10.3. The third-order valence-electron chi connectivity index (χ3n) is 6.45. The third kappa shape index (κ3) is 2.82. The highest BCUT2D eigenvalue weighted by Crippen LogP contribution is 2.44. The van der Waals surface area contributed by atoms with Crippen molar-refractivity contribution in [3.63, 3.8) is 0 Å². The van der Waals surface area contributed by atoms with Crippen molar-refractivity contribution in [1.82, 2.24) is 4.90 Å². The molecular weight excluding hydrogens is 332 g/mol. The molecule has 2 saturated heterocycles. The van der Waals surface area contributed by atoms with E-state index in [0.717, 1.165) is 63.8 Å². The van der Waals surface area contributed by atoms with Crippen LogP contribution >= 0.6 is 11.3 Å². The Morgan fingerprint density at radius 2 is 1.88 bits per heavy atom. The molecule has 2 fully saturated rings. The molecule has 4 nitrogen and oxygen atoms in total. The molecule has 0 bridgehead atoms. The minimum Gasteiger partial charge on any atom is -0.342 e. The van der Waals surface area contributed by atoms with Gasteiger partial charge in [0.05, 0.1) is 16.5 Å². The molecule has 1 atom stereocenters. The maximum atomic E-state index is 13.0. The van der Waals surface area contributed by atoms with E-state index in [2.05, 4.69) is 19.1 Å². The van der Waals surface area contributed by atoms with Crippen LogP contribution in [0, 0.1) is 10.8 Å². The zero-order chi connectivity index (χ0) is 17.5. The molecule has 3 aliphatic rings. The van der Waals surface area contributed by atoms with Crippen LogP contribution in [0.25, 0.3) is 0 Å². The summed E-state index contributed by atoms with van der Waals surface area (Å²) in [7, 11) is 0. The number of nitrogens with zero attached hydrogens (tertiary/aromatic N) is 2. The number of hydrogen-bond donors (Lipinski definition) is 0. The standard InChI is InChI=1S/C20H26N2O2S/c1-19(6-3-2-4-7-19)17(23)21-11-8-20(9-12-21)10-13-22(18(20)24)16-5-14-25-15-16/h2-3,5,14-15H,4,6-13H2,1H3. The molecule has 0 aromatic carbocycles. The number of allylic oxidation sites excluding steroid dienone is 2. The van der Waals surface area contributed by atoms with Crippen LogP contribution in [-0.4, -0.2) is 36.3 Å². The second-order valence-electron chi connectivity index (χ2n) is 8.04. The molecule has 1 aromatic heterocycles. The number of thiophene rings is 1. The van der Waals surface area contributed by atoms with Crippen LogP contribution in [0.3, 0.4) is 0 Å². The highest BCUT2D eigenvalue weighted by Gasteiger charge is 2.50. The second kappa shape index (κ2) is 6.27. The summed E-state index contributed by atoms with van der Waals surface area (Å²) in [6.07, 6.45) is 9.64. The van der Waals surface area contributed by atoms with E-state index in [4.69, 9.17) is 0 Å². The SMILES string of the molecule is CC1(C(=O)N2CCC3(CC2)CCN(c2ccsc2)C3=O)CC=CCC1. The van der Waals surface area contributed by atoms with Crippen molar-refractivity contribution >= 4 is 28.8 Å². The van der Waals surface area contributed by atoms with Crippen molar-refractivity contribution in [2.75, 3.05) is 24.5 Å². The third-order valence-corrected chi connectivity index (χ3v) is 7.12. The molecule has 1 spiro atoms. The van der Waals surface area contributed by atoms with Gasteiger partial charge in [-0.25, -0.2) is 0 Å². The molecule has 0 saturated carbocycles. The van der Waals surface area contributed by atoms with Crippen LogP contribution in [0.4, 0.5) is 5.69 Å². The van der Waals surface area contributed by atoms with Gasteiger partial charge in [0, 0.05) is 25.0 Å². The topological polar surface area (TPSA) is 40.6 Å². The van der Waals surface area contributed by atoms with Gasteiger partial charge in [0.2, 0.25) is 11.8 Å². The Morgan fingerprint density at radius 1 is 1.12 bits per heavy atom. The largest absolute Gasteiger partial charge is 0.342 e. The highest BCUT2D eigenvalue weighted by atomic mass is 32.1. The van der Waals surface area contributed by atoms with E-state index >= 15 is 0 Å². The lowest BCUT2D eigenvalue weighted by Gasteiger charge is -2.42. The number of amides is 2. The summed E-state index contributed by atoms with van der Waals surface area (Å²) in [6, 6.07) is 2.03. The van der Waals surface area contributed by atoms with Gasteiger partial charge in [-0.1, -0.05) is 19.1 Å². The Kier molecular flexibility index (Phi) is 4.22. The van der Waals surface area contributed by atoms with Gasteiger partial charge in [-0.15, -0.1) is 0 Å². The van der Waals surface area contributed by atoms with E-state index < -0.39 is 0 Å². The molecule has 4 rings (SSSR count). The van der Waals surface area contributed by atoms with Gasteiger partial charge < -0.3 is 9.80 Å². The Morgan fingerprint density at radius 3 is 2.52 bits per heavy atom. The van der Waals surface area contributed by atoms with Crippen LogP contribution in [0.2, 0.25) is 0 Å². The normalized spacial score (nSPS) is 28.8. The molecule has 1 aliphatic carbocycles. The van der Waals surface area contributed by atoms with Crippen molar-refractivity contribution in [2.45, 2.75) is 45.4 Å². The first kappa shape index (κ1) is 16.8. The van der Waals surface area contributed by atoms with Crippen LogP contribution in [0.15, 0.2) is 29.0 Å². The molecule has 2 aliphatic heterocycles. The molecule has 1 unspecified atom stereocenters. The Balaban J connectivity index is 1.42. The van der Waals surface area contributed by atoms with Crippen molar-refractivity contribution in [3.8, 4) is 0 Å². The molecule has 5 heteroatoms. The van der Waals surface area contributed by atoms with Gasteiger partial charge in [-0.2, -0.15) is 11.3 Å². The fourth-order valence-electron chi connectivity index (χ4n) is 4.62. The minimum absolute atomic E-state index is 0.244. The number of piperidine rings is 1. The summed E-state index contributed by atoms with van der Waals surface area (Å²) < 4.78 is 0. The van der Waals surface area contributed by atoms with Crippen LogP contribution < -0.4 is 4.90 Å². The average molecular weight is 359 g/mol. The zero-order valence-corrected chi connectivity index (χ0v) is 15.7. The lowest BCUT2D eigenvalue weighted by atomic mass is 9.74. The number of carbonyl (C=O) groups is 2. The summed E-state index contributed by atoms with van der Waals surface area (Å²) in [5.41, 5.74) is 0.542. The van der Waals surface area contributed by atoms with E-state index in [-0.39, 0.29) is 22.6 Å². The van der Waals surface area contributed by atoms with Crippen LogP contribution in [0.5, 0.6) is 0 Å². The van der Waals surface area contributed by atoms with E-state index in [1.807, 2.05) is 26.6 Å². The van der Waals surface area contributed by atoms with Gasteiger partial charge in [0.25, 0.3) is 0 Å². The Hall–Kier alpha value is -1.62. The number of carbonyl (C=O) groups excluding carboxylic acids is 2. The number of anilines is 1. The minimum atomic E-state index is -0.248. The summed E-state index contributed by atoms with van der Waals surface area (Å²) in [5.74, 6) is 0.552. The van der Waals surface area contributed by atoms with Gasteiger partial charge in [-0.3, -0.25) is 9.59 Å². The van der Waals surface area contributed by atoms with Crippen molar-refractivity contribution < 1.29 is 9.59 Å². The fraction of sp³-hybridized carbons (Fsp3) is 0.600. The van der Waals surface area contributed by atoms with Crippen LogP contribution in [-0.2, 0) is 9.59 Å². The monoisotopic (exact) mass is 358 g/mol. The predicted molar refractivity (Wildman–Crippen MR) is 101 cm³/mol. The quantitative estimate of drug-likeness (QED) is 0.754. The van der Waals surface area contributed by atoms with E-state index in [1.54, 1.807) is 11.3 Å². The predicted octanol–water partition coefficient (Wildman–Crippen LogP) is 3.84. The van der Waals surface area contributed by atoms with Crippen molar-refractivity contribution in [2.24, 2.45) is 10.8 Å². The summed E-state index contributed by atoms with van der Waals surface area (Å²) in [5, 5.41) is 4.07. The summed E-state index contributed by atoms with van der Waals surface area (Å²) in [6.45, 7) is 4.36. The lowest BCUT2D eigenvalue weighted by molar-refractivity contribution is -0.146. The van der Waals surface area contributed by atoms with Crippen LogP contribution in [0.1, 0.15) is 45.4 Å². The van der Waals surface area contributed by atoms with E-state index in [1.165, 1.54) is 0 Å². The Labute approximate surface area is 153 Å². The molecule has 3 heterocycles. The number of rotatable bonds is 2. The maximum Gasteiger partial charge on any atom is 0.233 e. The number of hydrogen-bond acceptors (Lipinski definition) is 3. The lowest BCUT2D eigenvalue weighted by Crippen LogP contribution is -2.50. The molecule has 0 radical (unpaired) electrons. The van der Waals surface area contributed by atoms with E-state index in [0.29, 0.717) is 0 Å². The van der Waals surface area contributed by atoms with Gasteiger partial charge in [-0.05, 0) is 50.0 Å². The van der Waals surface area contributed by atoms with Gasteiger partial charge in [0.15, 0.2) is 0 Å². The average Bonchev–Trinajstić information content (AvgIpc) is 3.26. The molecule has 2 amide bonds. The molecular formula is C20H26N2O2S. The maximum absolute atomic E-state index is 13.0. The summed E-state index contributed by atoms with van der Waals surface area (Å²) >= 11 is 1.63.